The number of carbonyl (C=O) groups excluding carboxylic acids is 1. The lowest BCUT2D eigenvalue weighted by Gasteiger charge is -2.10. The Hall–Kier alpha value is -2.53. The second-order valence-electron chi connectivity index (χ2n) is 5.02. The summed E-state index contributed by atoms with van der Waals surface area (Å²) < 4.78 is 10.4. The minimum atomic E-state index is -0.0849. The van der Waals surface area contributed by atoms with Gasteiger partial charge in [-0.15, -0.1) is 0 Å². The number of hydrogen-bond donors (Lipinski definition) is 2. The first-order valence-corrected chi connectivity index (χ1v) is 7.49. The average Bonchev–Trinajstić information content (AvgIpc) is 2.59. The van der Waals surface area contributed by atoms with E-state index in [-0.39, 0.29) is 12.5 Å². The molecular formula is C18H22N2O3. The second-order valence-corrected chi connectivity index (χ2v) is 5.02. The topological polar surface area (TPSA) is 59.6 Å². The van der Waals surface area contributed by atoms with Crippen LogP contribution in [0.1, 0.15) is 5.56 Å². The quantitative estimate of drug-likeness (QED) is 0.735. The molecule has 2 aromatic carbocycles. The maximum absolute atomic E-state index is 11.9. The maximum atomic E-state index is 11.9. The van der Waals surface area contributed by atoms with Crippen molar-refractivity contribution in [3.63, 3.8) is 0 Å². The molecule has 0 heterocycles. The van der Waals surface area contributed by atoms with Crippen LogP contribution in [0.5, 0.6) is 11.5 Å². The normalized spacial score (nSPS) is 10.2. The number of ether oxygens (including phenoxy) is 2. The van der Waals surface area contributed by atoms with Gasteiger partial charge in [0.15, 0.2) is 0 Å². The van der Waals surface area contributed by atoms with Gasteiger partial charge in [-0.1, -0.05) is 24.3 Å². The van der Waals surface area contributed by atoms with E-state index in [1.807, 2.05) is 42.5 Å². The molecule has 0 radical (unpaired) electrons. The highest BCUT2D eigenvalue weighted by Crippen LogP contribution is 2.17. The summed E-state index contributed by atoms with van der Waals surface area (Å²) in [5, 5.41) is 5.97. The monoisotopic (exact) mass is 314 g/mol. The lowest BCUT2D eigenvalue weighted by atomic mass is 10.1. The molecule has 0 saturated heterocycles. The summed E-state index contributed by atoms with van der Waals surface area (Å²) in [6, 6.07) is 15.2. The molecule has 0 aromatic heterocycles. The van der Waals surface area contributed by atoms with Crippen molar-refractivity contribution in [2.75, 3.05) is 32.6 Å². The van der Waals surface area contributed by atoms with Gasteiger partial charge < -0.3 is 20.1 Å². The number of rotatable bonds is 8. The Labute approximate surface area is 136 Å². The van der Waals surface area contributed by atoms with E-state index in [4.69, 9.17) is 9.47 Å². The molecule has 0 saturated carbocycles. The van der Waals surface area contributed by atoms with Crippen LogP contribution in [0.4, 0.5) is 5.69 Å². The van der Waals surface area contributed by atoms with Crippen LogP contribution in [-0.2, 0) is 11.2 Å². The van der Waals surface area contributed by atoms with Crippen molar-refractivity contribution in [3.8, 4) is 11.5 Å². The van der Waals surface area contributed by atoms with Gasteiger partial charge in [0.05, 0.1) is 20.8 Å². The molecule has 0 unspecified atom stereocenters. The molecule has 2 N–H and O–H groups in total. The molecule has 23 heavy (non-hydrogen) atoms. The van der Waals surface area contributed by atoms with Gasteiger partial charge in [0.25, 0.3) is 0 Å². The zero-order chi connectivity index (χ0) is 16.5. The van der Waals surface area contributed by atoms with Crippen LogP contribution in [0.15, 0.2) is 48.5 Å². The maximum Gasteiger partial charge on any atom is 0.238 e. The number of anilines is 1. The standard InChI is InChI=1S/C18H22N2O3/c1-22-16-8-5-7-15(12-16)20-18(21)13-19-11-10-14-6-3-4-9-17(14)23-2/h3-9,12,19H,10-11,13H2,1-2H3,(H,20,21). The van der Waals surface area contributed by atoms with Crippen molar-refractivity contribution >= 4 is 11.6 Å². The molecule has 122 valence electrons. The summed E-state index contributed by atoms with van der Waals surface area (Å²) in [4.78, 5) is 11.9. The largest absolute Gasteiger partial charge is 0.497 e. The Morgan fingerprint density at radius 3 is 2.65 bits per heavy atom. The summed E-state index contributed by atoms with van der Waals surface area (Å²) >= 11 is 0. The molecule has 5 heteroatoms. The Bertz CT molecular complexity index is 644. The third-order valence-electron chi connectivity index (χ3n) is 3.40. The Kier molecular flexibility index (Phi) is 6.44. The van der Waals surface area contributed by atoms with Crippen molar-refractivity contribution in [2.45, 2.75) is 6.42 Å². The number of amides is 1. The molecule has 0 fully saturated rings. The van der Waals surface area contributed by atoms with Crippen LogP contribution in [0.2, 0.25) is 0 Å². The minimum Gasteiger partial charge on any atom is -0.497 e. The van der Waals surface area contributed by atoms with E-state index in [0.29, 0.717) is 12.3 Å². The fraction of sp³-hybridized carbons (Fsp3) is 0.278. The number of carbonyl (C=O) groups is 1. The van der Waals surface area contributed by atoms with E-state index >= 15 is 0 Å². The molecule has 2 rings (SSSR count). The molecule has 0 aliphatic heterocycles. The Morgan fingerprint density at radius 2 is 1.87 bits per heavy atom. The first kappa shape index (κ1) is 16.8. The summed E-state index contributed by atoms with van der Waals surface area (Å²) in [5.74, 6) is 1.50. The highest BCUT2D eigenvalue weighted by atomic mass is 16.5. The number of methoxy groups -OCH3 is 2. The fourth-order valence-corrected chi connectivity index (χ4v) is 2.24. The molecular weight excluding hydrogens is 292 g/mol. The van der Waals surface area contributed by atoms with Crippen LogP contribution in [0.3, 0.4) is 0 Å². The van der Waals surface area contributed by atoms with Gasteiger partial charge >= 0.3 is 0 Å². The first-order valence-electron chi connectivity index (χ1n) is 7.49. The van der Waals surface area contributed by atoms with Crippen LogP contribution < -0.4 is 20.1 Å². The highest BCUT2D eigenvalue weighted by Gasteiger charge is 2.04. The Morgan fingerprint density at radius 1 is 1.04 bits per heavy atom. The molecule has 2 aromatic rings. The predicted octanol–water partition coefficient (Wildman–Crippen LogP) is 2.47. The second kappa shape index (κ2) is 8.80. The molecule has 0 aliphatic rings. The van der Waals surface area contributed by atoms with Crippen molar-refractivity contribution in [3.05, 3.63) is 54.1 Å². The molecule has 0 atom stereocenters. The molecule has 5 nitrogen and oxygen atoms in total. The van der Waals surface area contributed by atoms with Gasteiger partial charge in [-0.25, -0.2) is 0 Å². The molecule has 0 bridgehead atoms. The van der Waals surface area contributed by atoms with Crippen LogP contribution in [-0.4, -0.2) is 33.2 Å². The van der Waals surface area contributed by atoms with Crippen molar-refractivity contribution in [1.82, 2.24) is 5.32 Å². The van der Waals surface area contributed by atoms with Crippen LogP contribution >= 0.6 is 0 Å². The molecule has 1 amide bonds. The lowest BCUT2D eigenvalue weighted by Crippen LogP contribution is -2.29. The smallest absolute Gasteiger partial charge is 0.238 e. The number of benzene rings is 2. The fourth-order valence-electron chi connectivity index (χ4n) is 2.24. The minimum absolute atomic E-state index is 0.0849. The van der Waals surface area contributed by atoms with Gasteiger partial charge in [-0.3, -0.25) is 4.79 Å². The van der Waals surface area contributed by atoms with E-state index in [9.17, 15) is 4.79 Å². The Balaban J connectivity index is 1.74. The summed E-state index contributed by atoms with van der Waals surface area (Å²) in [6.07, 6.45) is 0.802. The highest BCUT2D eigenvalue weighted by molar-refractivity contribution is 5.92. The van der Waals surface area contributed by atoms with E-state index < -0.39 is 0 Å². The summed E-state index contributed by atoms with van der Waals surface area (Å²) in [7, 11) is 3.26. The number of para-hydroxylation sites is 1. The first-order chi connectivity index (χ1) is 11.2. The van der Waals surface area contributed by atoms with Crippen LogP contribution in [0.25, 0.3) is 0 Å². The SMILES string of the molecule is COc1cccc(NC(=O)CNCCc2ccccc2OC)c1. The third kappa shape index (κ3) is 5.30. The van der Waals surface area contributed by atoms with Crippen molar-refractivity contribution in [2.24, 2.45) is 0 Å². The summed E-state index contributed by atoms with van der Waals surface area (Å²) in [5.41, 5.74) is 1.84. The number of hydrogen-bond acceptors (Lipinski definition) is 4. The van der Waals surface area contributed by atoms with Crippen molar-refractivity contribution < 1.29 is 14.3 Å². The van der Waals surface area contributed by atoms with Gasteiger partial charge in [0, 0.05) is 11.8 Å². The summed E-state index contributed by atoms with van der Waals surface area (Å²) in [6.45, 7) is 0.957. The zero-order valence-electron chi connectivity index (χ0n) is 13.5. The molecule has 0 spiro atoms. The lowest BCUT2D eigenvalue weighted by molar-refractivity contribution is -0.115. The average molecular weight is 314 g/mol. The van der Waals surface area contributed by atoms with Gasteiger partial charge in [-0.2, -0.15) is 0 Å². The van der Waals surface area contributed by atoms with Gasteiger partial charge in [-0.05, 0) is 36.7 Å². The predicted molar refractivity (Wildman–Crippen MR) is 91.2 cm³/mol. The van der Waals surface area contributed by atoms with Gasteiger partial charge in [0.1, 0.15) is 11.5 Å². The van der Waals surface area contributed by atoms with E-state index in [2.05, 4.69) is 10.6 Å². The van der Waals surface area contributed by atoms with E-state index in [0.717, 1.165) is 23.4 Å². The molecule has 0 aliphatic carbocycles. The van der Waals surface area contributed by atoms with Crippen molar-refractivity contribution in [1.29, 1.82) is 0 Å². The third-order valence-corrected chi connectivity index (χ3v) is 3.40. The van der Waals surface area contributed by atoms with E-state index in [1.54, 1.807) is 20.3 Å². The van der Waals surface area contributed by atoms with Gasteiger partial charge in [0.2, 0.25) is 5.91 Å². The van der Waals surface area contributed by atoms with E-state index in [1.165, 1.54) is 0 Å². The zero-order valence-corrected chi connectivity index (χ0v) is 13.5. The van der Waals surface area contributed by atoms with Crippen LogP contribution in [0, 0.1) is 0 Å². The number of nitrogens with one attached hydrogen (secondary N) is 2.